The molecule has 0 spiro atoms. The van der Waals surface area contributed by atoms with Crippen LogP contribution in [0.1, 0.15) is 39.4 Å². The zero-order valence-electron chi connectivity index (χ0n) is 12.7. The molecule has 0 atom stereocenters. The molecule has 0 aliphatic carbocycles. The van der Waals surface area contributed by atoms with Gasteiger partial charge in [0.1, 0.15) is 18.2 Å². The van der Waals surface area contributed by atoms with Crippen molar-refractivity contribution in [3.63, 3.8) is 0 Å². The average Bonchev–Trinajstić information content (AvgIpc) is 2.45. The van der Waals surface area contributed by atoms with E-state index in [-0.39, 0.29) is 0 Å². The minimum Gasteiger partial charge on any atom is -0.374 e. The van der Waals surface area contributed by atoms with Crippen molar-refractivity contribution >= 4 is 11.6 Å². The summed E-state index contributed by atoms with van der Waals surface area (Å²) in [5.41, 5.74) is 0. The van der Waals surface area contributed by atoms with Gasteiger partial charge >= 0.3 is 0 Å². The van der Waals surface area contributed by atoms with Crippen molar-refractivity contribution in [1.29, 1.82) is 0 Å². The summed E-state index contributed by atoms with van der Waals surface area (Å²) in [6.07, 6.45) is 2.21. The van der Waals surface area contributed by atoms with Crippen molar-refractivity contribution in [2.24, 2.45) is 0 Å². The van der Waals surface area contributed by atoms with Crippen LogP contribution >= 0.6 is 0 Å². The molecule has 1 rings (SSSR count). The van der Waals surface area contributed by atoms with E-state index in [1.807, 2.05) is 20.0 Å². The summed E-state index contributed by atoms with van der Waals surface area (Å²) in [5.74, 6) is 2.50. The minimum atomic E-state index is 0.454. The van der Waals surface area contributed by atoms with Gasteiger partial charge in [0, 0.05) is 32.8 Å². The third kappa shape index (κ3) is 4.35. The summed E-state index contributed by atoms with van der Waals surface area (Å²) in [4.78, 5) is 11.2. The maximum atomic E-state index is 5.40. The number of hydrogen-bond donors (Lipinski definition) is 1. The molecule has 0 amide bonds. The predicted octanol–water partition coefficient (Wildman–Crippen LogP) is 2.68. The first-order valence-electron chi connectivity index (χ1n) is 7.02. The van der Waals surface area contributed by atoms with Crippen LogP contribution in [0, 0.1) is 0 Å². The predicted molar refractivity (Wildman–Crippen MR) is 79.7 cm³/mol. The van der Waals surface area contributed by atoms with Crippen molar-refractivity contribution in [2.45, 2.75) is 46.3 Å². The molecule has 0 bridgehead atoms. The monoisotopic (exact) mass is 266 g/mol. The van der Waals surface area contributed by atoms with Gasteiger partial charge in [-0.05, 0) is 19.8 Å². The number of nitrogens with one attached hydrogen (secondary N) is 1. The molecular weight excluding hydrogens is 240 g/mol. The normalized spacial score (nSPS) is 10.8. The van der Waals surface area contributed by atoms with Crippen LogP contribution < -0.4 is 10.2 Å². The number of rotatable bonds is 8. The van der Waals surface area contributed by atoms with E-state index in [9.17, 15) is 0 Å². The topological polar surface area (TPSA) is 50.3 Å². The van der Waals surface area contributed by atoms with E-state index < -0.39 is 0 Å². The Kier molecular flexibility index (Phi) is 6.56. The van der Waals surface area contributed by atoms with Gasteiger partial charge in [-0.15, -0.1) is 0 Å². The Hall–Kier alpha value is -1.36. The number of anilines is 2. The standard InChI is InChI=1S/C14H26N4O/c1-6-11(7-2)18(5)14-9-12(15-4)16-13(17-14)10-19-8-3/h9,11H,6-8,10H2,1-5H3,(H,15,16,17). The van der Waals surface area contributed by atoms with Gasteiger partial charge in [-0.3, -0.25) is 0 Å². The van der Waals surface area contributed by atoms with Gasteiger partial charge in [-0.2, -0.15) is 0 Å². The van der Waals surface area contributed by atoms with E-state index in [2.05, 4.69) is 41.1 Å². The number of nitrogens with zero attached hydrogens (tertiary/aromatic N) is 3. The summed E-state index contributed by atoms with van der Waals surface area (Å²) < 4.78 is 5.40. The van der Waals surface area contributed by atoms with E-state index in [4.69, 9.17) is 4.74 Å². The van der Waals surface area contributed by atoms with E-state index in [0.29, 0.717) is 19.3 Å². The van der Waals surface area contributed by atoms with E-state index in [1.54, 1.807) is 0 Å². The Morgan fingerprint density at radius 2 is 1.95 bits per heavy atom. The fraction of sp³-hybridized carbons (Fsp3) is 0.714. The van der Waals surface area contributed by atoms with Crippen LogP contribution in [-0.2, 0) is 11.3 Å². The van der Waals surface area contributed by atoms with Crippen LogP contribution in [0.4, 0.5) is 11.6 Å². The molecule has 108 valence electrons. The second kappa shape index (κ2) is 7.94. The molecule has 0 aromatic carbocycles. The van der Waals surface area contributed by atoms with Gasteiger partial charge in [-0.1, -0.05) is 13.8 Å². The maximum Gasteiger partial charge on any atom is 0.158 e. The molecule has 5 heteroatoms. The Morgan fingerprint density at radius 3 is 2.47 bits per heavy atom. The average molecular weight is 266 g/mol. The molecule has 1 N–H and O–H groups in total. The van der Waals surface area contributed by atoms with Gasteiger partial charge in [0.15, 0.2) is 5.82 Å². The second-order valence-electron chi connectivity index (χ2n) is 4.50. The highest BCUT2D eigenvalue weighted by atomic mass is 16.5. The second-order valence-corrected chi connectivity index (χ2v) is 4.50. The molecule has 1 aromatic heterocycles. The highest BCUT2D eigenvalue weighted by Gasteiger charge is 2.14. The molecule has 0 fully saturated rings. The van der Waals surface area contributed by atoms with Crippen molar-refractivity contribution in [3.05, 3.63) is 11.9 Å². The van der Waals surface area contributed by atoms with E-state index in [0.717, 1.165) is 30.3 Å². The molecule has 0 saturated heterocycles. The Labute approximate surface area is 116 Å². The van der Waals surface area contributed by atoms with E-state index >= 15 is 0 Å². The summed E-state index contributed by atoms with van der Waals surface area (Å²) in [6, 6.07) is 2.48. The summed E-state index contributed by atoms with van der Waals surface area (Å²) in [6.45, 7) is 7.50. The molecule has 0 aliphatic heterocycles. The first-order valence-corrected chi connectivity index (χ1v) is 7.02. The van der Waals surface area contributed by atoms with Crippen molar-refractivity contribution in [3.8, 4) is 0 Å². The molecule has 1 heterocycles. The number of aromatic nitrogens is 2. The van der Waals surface area contributed by atoms with Crippen LogP contribution in [-0.4, -0.2) is 36.7 Å². The lowest BCUT2D eigenvalue weighted by molar-refractivity contribution is 0.128. The smallest absolute Gasteiger partial charge is 0.158 e. The van der Waals surface area contributed by atoms with Crippen molar-refractivity contribution in [1.82, 2.24) is 9.97 Å². The zero-order valence-corrected chi connectivity index (χ0v) is 12.7. The fourth-order valence-electron chi connectivity index (χ4n) is 2.07. The largest absolute Gasteiger partial charge is 0.374 e. The highest BCUT2D eigenvalue weighted by molar-refractivity contribution is 5.49. The van der Waals surface area contributed by atoms with E-state index in [1.165, 1.54) is 0 Å². The lowest BCUT2D eigenvalue weighted by Gasteiger charge is -2.27. The highest BCUT2D eigenvalue weighted by Crippen LogP contribution is 2.19. The number of ether oxygens (including phenoxy) is 1. The van der Waals surface area contributed by atoms with Gasteiger partial charge in [0.25, 0.3) is 0 Å². The zero-order chi connectivity index (χ0) is 14.3. The SMILES string of the molecule is CCOCc1nc(NC)cc(N(C)C(CC)CC)n1. The molecule has 19 heavy (non-hydrogen) atoms. The third-order valence-electron chi connectivity index (χ3n) is 3.30. The quantitative estimate of drug-likeness (QED) is 0.784. The van der Waals surface area contributed by atoms with Crippen LogP contribution in [0.3, 0.4) is 0 Å². The minimum absolute atomic E-state index is 0.454. The first kappa shape index (κ1) is 15.7. The van der Waals surface area contributed by atoms with Gasteiger partial charge in [0.05, 0.1) is 0 Å². The summed E-state index contributed by atoms with van der Waals surface area (Å²) >= 11 is 0. The summed E-state index contributed by atoms with van der Waals surface area (Å²) in [7, 11) is 3.96. The van der Waals surface area contributed by atoms with Gasteiger partial charge in [0.2, 0.25) is 0 Å². The molecule has 5 nitrogen and oxygen atoms in total. The molecule has 0 saturated carbocycles. The lowest BCUT2D eigenvalue weighted by atomic mass is 10.1. The Bertz CT molecular complexity index is 380. The Morgan fingerprint density at radius 1 is 1.26 bits per heavy atom. The van der Waals surface area contributed by atoms with Crippen LogP contribution in [0.15, 0.2) is 6.07 Å². The van der Waals surface area contributed by atoms with Crippen LogP contribution in [0.5, 0.6) is 0 Å². The molecule has 0 radical (unpaired) electrons. The summed E-state index contributed by atoms with van der Waals surface area (Å²) in [5, 5.41) is 3.08. The van der Waals surface area contributed by atoms with Crippen molar-refractivity contribution in [2.75, 3.05) is 30.9 Å². The van der Waals surface area contributed by atoms with Gasteiger partial charge in [-0.25, -0.2) is 9.97 Å². The maximum absolute atomic E-state index is 5.40. The third-order valence-corrected chi connectivity index (χ3v) is 3.30. The van der Waals surface area contributed by atoms with Crippen LogP contribution in [0.2, 0.25) is 0 Å². The first-order chi connectivity index (χ1) is 9.15. The molecule has 0 aliphatic rings. The Balaban J connectivity index is 2.98. The number of hydrogen-bond acceptors (Lipinski definition) is 5. The van der Waals surface area contributed by atoms with Gasteiger partial charge < -0.3 is 15.0 Å². The lowest BCUT2D eigenvalue weighted by Crippen LogP contribution is -2.31. The molecule has 1 aromatic rings. The van der Waals surface area contributed by atoms with Crippen LogP contribution in [0.25, 0.3) is 0 Å². The fourth-order valence-corrected chi connectivity index (χ4v) is 2.07. The van der Waals surface area contributed by atoms with Crippen molar-refractivity contribution < 1.29 is 4.74 Å². The molecular formula is C14H26N4O. The molecule has 0 unspecified atom stereocenters.